The summed E-state index contributed by atoms with van der Waals surface area (Å²) in [4.78, 5) is 11.3. The Bertz CT molecular complexity index is 418. The number of ether oxygens (including phenoxy) is 1. The fourth-order valence-corrected chi connectivity index (χ4v) is 1.97. The Labute approximate surface area is 99.7 Å². The first-order valence-corrected chi connectivity index (χ1v) is 5.87. The van der Waals surface area contributed by atoms with Crippen molar-refractivity contribution < 1.29 is 9.53 Å². The number of hydrogen-bond donors (Lipinski definition) is 1. The average Bonchev–Trinajstić information content (AvgIpc) is 2.29. The standard InChI is InChI=1S/C12H14ClNO2/c1-8-2-4-10(16-7-6-13)9-3-5-11(15)14-12(8)9/h2,4H,3,5-7H2,1H3,(H,14,15). The van der Waals surface area contributed by atoms with Crippen molar-refractivity contribution in [3.05, 3.63) is 23.3 Å². The Morgan fingerprint density at radius 3 is 3.00 bits per heavy atom. The summed E-state index contributed by atoms with van der Waals surface area (Å²) in [5.41, 5.74) is 3.06. The molecule has 86 valence electrons. The molecular formula is C12H14ClNO2. The summed E-state index contributed by atoms with van der Waals surface area (Å²) >= 11 is 5.59. The normalized spacial score (nSPS) is 14.2. The van der Waals surface area contributed by atoms with Gasteiger partial charge in [0.2, 0.25) is 5.91 Å². The lowest BCUT2D eigenvalue weighted by atomic mass is 9.98. The number of anilines is 1. The smallest absolute Gasteiger partial charge is 0.224 e. The molecule has 1 N–H and O–H groups in total. The summed E-state index contributed by atoms with van der Waals surface area (Å²) in [6.45, 7) is 2.47. The number of benzene rings is 1. The van der Waals surface area contributed by atoms with Gasteiger partial charge in [-0.05, 0) is 25.0 Å². The molecule has 0 spiro atoms. The molecule has 0 aromatic heterocycles. The Morgan fingerprint density at radius 2 is 2.25 bits per heavy atom. The number of rotatable bonds is 3. The summed E-state index contributed by atoms with van der Waals surface area (Å²) in [5.74, 6) is 1.38. The van der Waals surface area contributed by atoms with Crippen LogP contribution in [0.2, 0.25) is 0 Å². The minimum absolute atomic E-state index is 0.0742. The van der Waals surface area contributed by atoms with E-state index in [0.29, 0.717) is 18.9 Å². The summed E-state index contributed by atoms with van der Waals surface area (Å²) < 4.78 is 5.56. The minimum atomic E-state index is 0.0742. The highest BCUT2D eigenvalue weighted by molar-refractivity contribution is 6.18. The molecule has 1 aromatic rings. The van der Waals surface area contributed by atoms with E-state index in [-0.39, 0.29) is 5.91 Å². The first kappa shape index (κ1) is 11.3. The fourth-order valence-electron chi connectivity index (χ4n) is 1.89. The maximum atomic E-state index is 11.3. The lowest BCUT2D eigenvalue weighted by molar-refractivity contribution is -0.116. The van der Waals surface area contributed by atoms with Crippen LogP contribution in [-0.4, -0.2) is 18.4 Å². The van der Waals surface area contributed by atoms with Crippen LogP contribution in [0.1, 0.15) is 17.5 Å². The zero-order valence-corrected chi connectivity index (χ0v) is 9.93. The van der Waals surface area contributed by atoms with Crippen molar-refractivity contribution in [1.29, 1.82) is 0 Å². The van der Waals surface area contributed by atoms with Gasteiger partial charge in [-0.3, -0.25) is 4.79 Å². The molecular weight excluding hydrogens is 226 g/mol. The van der Waals surface area contributed by atoms with Gasteiger partial charge < -0.3 is 10.1 Å². The molecule has 16 heavy (non-hydrogen) atoms. The van der Waals surface area contributed by atoms with Gasteiger partial charge in [0, 0.05) is 12.0 Å². The third-order valence-corrected chi connectivity index (χ3v) is 2.83. The van der Waals surface area contributed by atoms with Crippen LogP contribution in [0.25, 0.3) is 0 Å². The van der Waals surface area contributed by atoms with Crippen LogP contribution in [0.3, 0.4) is 0 Å². The first-order valence-electron chi connectivity index (χ1n) is 5.33. The third kappa shape index (κ3) is 2.14. The number of carbonyl (C=O) groups excluding carboxylic acids is 1. The lowest BCUT2D eigenvalue weighted by Gasteiger charge is -2.21. The second kappa shape index (κ2) is 4.74. The van der Waals surface area contributed by atoms with Gasteiger partial charge in [-0.15, -0.1) is 11.6 Å². The molecule has 0 atom stereocenters. The second-order valence-electron chi connectivity index (χ2n) is 3.82. The Balaban J connectivity index is 2.34. The van der Waals surface area contributed by atoms with E-state index < -0.39 is 0 Å². The van der Waals surface area contributed by atoms with Crippen LogP contribution in [0.15, 0.2) is 12.1 Å². The Morgan fingerprint density at radius 1 is 1.44 bits per heavy atom. The number of aryl methyl sites for hydroxylation is 1. The van der Waals surface area contributed by atoms with Crippen molar-refractivity contribution in [1.82, 2.24) is 0 Å². The topological polar surface area (TPSA) is 38.3 Å². The van der Waals surface area contributed by atoms with E-state index >= 15 is 0 Å². The fraction of sp³-hybridized carbons (Fsp3) is 0.417. The van der Waals surface area contributed by atoms with Crippen LogP contribution in [0.5, 0.6) is 5.75 Å². The van der Waals surface area contributed by atoms with Crippen LogP contribution in [0, 0.1) is 6.92 Å². The molecule has 0 bridgehead atoms. The van der Waals surface area contributed by atoms with Crippen LogP contribution in [0.4, 0.5) is 5.69 Å². The second-order valence-corrected chi connectivity index (χ2v) is 4.20. The molecule has 0 radical (unpaired) electrons. The number of hydrogen-bond acceptors (Lipinski definition) is 2. The first-order chi connectivity index (χ1) is 7.72. The van der Waals surface area contributed by atoms with Gasteiger partial charge in [-0.2, -0.15) is 0 Å². The number of fused-ring (bicyclic) bond motifs is 1. The summed E-state index contributed by atoms with van der Waals surface area (Å²) in [6, 6.07) is 3.90. The quantitative estimate of drug-likeness (QED) is 0.823. The molecule has 1 amide bonds. The number of nitrogens with one attached hydrogen (secondary N) is 1. The molecule has 1 aliphatic rings. The number of alkyl halides is 1. The number of amides is 1. The van der Waals surface area contributed by atoms with E-state index in [4.69, 9.17) is 16.3 Å². The van der Waals surface area contributed by atoms with E-state index in [2.05, 4.69) is 5.32 Å². The summed E-state index contributed by atoms with van der Waals surface area (Å²) in [5, 5.41) is 2.89. The van der Waals surface area contributed by atoms with Crippen LogP contribution in [-0.2, 0) is 11.2 Å². The largest absolute Gasteiger partial charge is 0.492 e. The van der Waals surface area contributed by atoms with E-state index in [0.717, 1.165) is 29.0 Å². The minimum Gasteiger partial charge on any atom is -0.492 e. The highest BCUT2D eigenvalue weighted by Crippen LogP contribution is 2.33. The van der Waals surface area contributed by atoms with Crippen molar-refractivity contribution in [2.24, 2.45) is 0 Å². The van der Waals surface area contributed by atoms with Crippen molar-refractivity contribution >= 4 is 23.2 Å². The molecule has 4 heteroatoms. The van der Waals surface area contributed by atoms with Crippen molar-refractivity contribution in [2.45, 2.75) is 19.8 Å². The maximum Gasteiger partial charge on any atom is 0.224 e. The van der Waals surface area contributed by atoms with Gasteiger partial charge in [0.15, 0.2) is 0 Å². The van der Waals surface area contributed by atoms with E-state index in [1.165, 1.54) is 0 Å². The highest BCUT2D eigenvalue weighted by Gasteiger charge is 2.20. The molecule has 0 fully saturated rings. The zero-order chi connectivity index (χ0) is 11.5. The molecule has 0 unspecified atom stereocenters. The third-order valence-electron chi connectivity index (χ3n) is 2.68. The molecule has 0 aliphatic carbocycles. The van der Waals surface area contributed by atoms with E-state index in [1.807, 2.05) is 19.1 Å². The molecule has 1 aromatic carbocycles. The van der Waals surface area contributed by atoms with Gasteiger partial charge in [-0.25, -0.2) is 0 Å². The van der Waals surface area contributed by atoms with Crippen molar-refractivity contribution in [3.63, 3.8) is 0 Å². The zero-order valence-electron chi connectivity index (χ0n) is 9.18. The Hall–Kier alpha value is -1.22. The average molecular weight is 240 g/mol. The van der Waals surface area contributed by atoms with Gasteiger partial charge >= 0.3 is 0 Å². The molecule has 1 aliphatic heterocycles. The molecule has 0 saturated carbocycles. The summed E-state index contributed by atoms with van der Waals surface area (Å²) in [7, 11) is 0. The van der Waals surface area contributed by atoms with Crippen molar-refractivity contribution in [2.75, 3.05) is 17.8 Å². The van der Waals surface area contributed by atoms with Crippen LogP contribution >= 0.6 is 11.6 Å². The van der Waals surface area contributed by atoms with Crippen LogP contribution < -0.4 is 10.1 Å². The molecule has 2 rings (SSSR count). The predicted molar refractivity (Wildman–Crippen MR) is 64.3 cm³/mol. The van der Waals surface area contributed by atoms with E-state index in [9.17, 15) is 4.79 Å². The highest BCUT2D eigenvalue weighted by atomic mass is 35.5. The lowest BCUT2D eigenvalue weighted by Crippen LogP contribution is -2.20. The maximum absolute atomic E-state index is 11.3. The Kier molecular flexibility index (Phi) is 3.34. The molecule has 1 heterocycles. The van der Waals surface area contributed by atoms with Crippen molar-refractivity contribution in [3.8, 4) is 5.75 Å². The van der Waals surface area contributed by atoms with Gasteiger partial charge in [0.1, 0.15) is 12.4 Å². The monoisotopic (exact) mass is 239 g/mol. The molecule has 3 nitrogen and oxygen atoms in total. The molecule has 0 saturated heterocycles. The number of carbonyl (C=O) groups is 1. The van der Waals surface area contributed by atoms with Gasteiger partial charge in [0.05, 0.1) is 11.6 Å². The SMILES string of the molecule is Cc1ccc(OCCCl)c2c1NC(=O)CC2. The predicted octanol–water partition coefficient (Wildman–Crippen LogP) is 2.50. The van der Waals surface area contributed by atoms with E-state index in [1.54, 1.807) is 0 Å². The van der Waals surface area contributed by atoms with Gasteiger partial charge in [-0.1, -0.05) is 6.07 Å². The van der Waals surface area contributed by atoms with Gasteiger partial charge in [0.25, 0.3) is 0 Å². The summed E-state index contributed by atoms with van der Waals surface area (Å²) in [6.07, 6.45) is 1.26. The number of halogens is 1.